The van der Waals surface area contributed by atoms with Crippen molar-refractivity contribution in [1.82, 2.24) is 15.6 Å². The Hall–Kier alpha value is -1.36. The van der Waals surface area contributed by atoms with Gasteiger partial charge in [-0.05, 0) is 44.0 Å². The van der Waals surface area contributed by atoms with Gasteiger partial charge in [0, 0.05) is 11.9 Å². The normalized spacial score (nSPS) is 17.2. The number of nitrogens with zero attached hydrogens (tertiary/aromatic N) is 1. The Morgan fingerprint density at radius 3 is 2.82 bits per heavy atom. The lowest BCUT2D eigenvalue weighted by molar-refractivity contribution is 0.0940. The fourth-order valence-electron chi connectivity index (χ4n) is 2.62. The van der Waals surface area contributed by atoms with Crippen molar-refractivity contribution in [2.75, 3.05) is 19.6 Å². The molecule has 0 bridgehead atoms. The maximum absolute atomic E-state index is 12.1. The predicted octanol–water partition coefficient (Wildman–Crippen LogP) is 2.81. The zero-order chi connectivity index (χ0) is 13.8. The molecule has 0 saturated carbocycles. The predicted molar refractivity (Wildman–Crippen MR) is 94.2 cm³/mol. The van der Waals surface area contributed by atoms with E-state index in [0.29, 0.717) is 11.6 Å². The van der Waals surface area contributed by atoms with Crippen LogP contribution in [0.15, 0.2) is 36.4 Å². The molecular weight excluding hydrogens is 321 g/mol. The second-order valence-electron chi connectivity index (χ2n) is 5.31. The quantitative estimate of drug-likeness (QED) is 0.902. The summed E-state index contributed by atoms with van der Waals surface area (Å²) in [5, 5.41) is 7.40. The third-order valence-corrected chi connectivity index (χ3v) is 3.78. The largest absolute Gasteiger partial charge is 0.350 e. The van der Waals surface area contributed by atoms with E-state index in [1.807, 2.05) is 30.3 Å². The van der Waals surface area contributed by atoms with E-state index in [0.717, 1.165) is 30.5 Å². The summed E-state index contributed by atoms with van der Waals surface area (Å²) in [5.41, 5.74) is 1.35. The molecule has 6 heteroatoms. The van der Waals surface area contributed by atoms with Crippen LogP contribution >= 0.6 is 24.8 Å². The minimum Gasteiger partial charge on any atom is -0.350 e. The Morgan fingerprint density at radius 2 is 2.05 bits per heavy atom. The Bertz CT molecular complexity index is 615. The molecule has 0 radical (unpaired) electrons. The Balaban J connectivity index is 0.00000121. The highest BCUT2D eigenvalue weighted by Crippen LogP contribution is 2.12. The topological polar surface area (TPSA) is 54.0 Å². The van der Waals surface area contributed by atoms with E-state index in [1.54, 1.807) is 6.07 Å². The molecule has 1 aliphatic heterocycles. The third kappa shape index (κ3) is 4.57. The first-order valence-corrected chi connectivity index (χ1v) is 7.17. The molecule has 22 heavy (non-hydrogen) atoms. The van der Waals surface area contributed by atoms with Gasteiger partial charge in [0.25, 0.3) is 5.91 Å². The average molecular weight is 342 g/mol. The van der Waals surface area contributed by atoms with Crippen LogP contribution < -0.4 is 10.6 Å². The molecule has 1 fully saturated rings. The number of pyridine rings is 1. The van der Waals surface area contributed by atoms with Crippen LogP contribution in [0, 0.1) is 5.92 Å². The number of carbonyl (C=O) groups is 1. The summed E-state index contributed by atoms with van der Waals surface area (Å²) in [6.45, 7) is 2.81. The highest BCUT2D eigenvalue weighted by Gasteiger charge is 2.15. The zero-order valence-corrected chi connectivity index (χ0v) is 13.9. The van der Waals surface area contributed by atoms with Crippen LogP contribution in [0.3, 0.4) is 0 Å². The van der Waals surface area contributed by atoms with Crippen LogP contribution in [0.25, 0.3) is 10.9 Å². The van der Waals surface area contributed by atoms with Crippen molar-refractivity contribution in [1.29, 1.82) is 0 Å². The lowest BCUT2D eigenvalue weighted by atomic mass is 10.00. The molecule has 1 unspecified atom stereocenters. The summed E-state index contributed by atoms with van der Waals surface area (Å²) in [6.07, 6.45) is 2.37. The average Bonchev–Trinajstić information content (AvgIpc) is 2.53. The molecule has 1 aromatic heterocycles. The number of nitrogens with one attached hydrogen (secondary N) is 2. The first-order valence-electron chi connectivity index (χ1n) is 7.17. The lowest BCUT2D eigenvalue weighted by Gasteiger charge is -2.22. The lowest BCUT2D eigenvalue weighted by Crippen LogP contribution is -2.38. The standard InChI is InChI=1S/C16H19N3O.2ClH/c20-16(18-11-12-4-3-9-17-10-12)15-8-7-13-5-1-2-6-14(13)19-15;;/h1-2,5-8,12,17H,3-4,9-11H2,(H,18,20);2*1H. The van der Waals surface area contributed by atoms with Gasteiger partial charge in [0.1, 0.15) is 5.69 Å². The minimum atomic E-state index is -0.0821. The summed E-state index contributed by atoms with van der Waals surface area (Å²) in [5.74, 6) is 0.453. The van der Waals surface area contributed by atoms with Gasteiger partial charge in [0.15, 0.2) is 0 Å². The van der Waals surface area contributed by atoms with Crippen molar-refractivity contribution in [2.24, 2.45) is 5.92 Å². The van der Waals surface area contributed by atoms with E-state index in [4.69, 9.17) is 0 Å². The molecule has 2 aromatic rings. The maximum Gasteiger partial charge on any atom is 0.269 e. The summed E-state index contributed by atoms with van der Waals surface area (Å²) in [7, 11) is 0. The van der Waals surface area contributed by atoms with E-state index in [-0.39, 0.29) is 30.7 Å². The highest BCUT2D eigenvalue weighted by atomic mass is 35.5. The van der Waals surface area contributed by atoms with Gasteiger partial charge in [0.05, 0.1) is 5.52 Å². The van der Waals surface area contributed by atoms with Gasteiger partial charge in [-0.15, -0.1) is 24.8 Å². The van der Waals surface area contributed by atoms with E-state index >= 15 is 0 Å². The van der Waals surface area contributed by atoms with Crippen LogP contribution in [0.4, 0.5) is 0 Å². The molecule has 2 N–H and O–H groups in total. The SMILES string of the molecule is Cl.Cl.O=C(NCC1CCCNC1)c1ccc2ccccc2n1. The number of piperidine rings is 1. The van der Waals surface area contributed by atoms with Gasteiger partial charge in [0.2, 0.25) is 0 Å². The summed E-state index contributed by atoms with van der Waals surface area (Å²) >= 11 is 0. The molecule has 1 atom stereocenters. The fourth-order valence-corrected chi connectivity index (χ4v) is 2.62. The molecule has 1 aliphatic rings. The van der Waals surface area contributed by atoms with Crippen LogP contribution in [0.1, 0.15) is 23.3 Å². The van der Waals surface area contributed by atoms with Crippen molar-refractivity contribution in [2.45, 2.75) is 12.8 Å². The van der Waals surface area contributed by atoms with Crippen molar-refractivity contribution in [3.8, 4) is 0 Å². The number of amides is 1. The molecule has 1 aromatic carbocycles. The van der Waals surface area contributed by atoms with E-state index in [9.17, 15) is 4.79 Å². The van der Waals surface area contributed by atoms with Crippen LogP contribution in [-0.4, -0.2) is 30.5 Å². The summed E-state index contributed by atoms with van der Waals surface area (Å²) < 4.78 is 0. The smallest absolute Gasteiger partial charge is 0.269 e. The van der Waals surface area contributed by atoms with Crippen LogP contribution in [0.5, 0.6) is 0 Å². The van der Waals surface area contributed by atoms with Crippen molar-refractivity contribution in [3.05, 3.63) is 42.1 Å². The number of halogens is 2. The molecule has 120 valence electrons. The van der Waals surface area contributed by atoms with Crippen molar-refractivity contribution >= 4 is 41.6 Å². The summed E-state index contributed by atoms with van der Waals surface area (Å²) in [4.78, 5) is 16.5. The number of aromatic nitrogens is 1. The second kappa shape index (κ2) is 8.93. The summed E-state index contributed by atoms with van der Waals surface area (Å²) in [6, 6.07) is 11.6. The first kappa shape index (κ1) is 18.7. The van der Waals surface area contributed by atoms with Gasteiger partial charge >= 0.3 is 0 Å². The fraction of sp³-hybridized carbons (Fsp3) is 0.375. The van der Waals surface area contributed by atoms with Gasteiger partial charge in [-0.25, -0.2) is 4.98 Å². The van der Waals surface area contributed by atoms with Gasteiger partial charge in [-0.3, -0.25) is 4.79 Å². The number of benzene rings is 1. The number of fused-ring (bicyclic) bond motifs is 1. The van der Waals surface area contributed by atoms with Gasteiger partial charge in [-0.2, -0.15) is 0 Å². The maximum atomic E-state index is 12.1. The molecular formula is C16H21Cl2N3O. The van der Waals surface area contributed by atoms with Crippen LogP contribution in [-0.2, 0) is 0 Å². The Kier molecular flexibility index (Phi) is 7.59. The highest BCUT2D eigenvalue weighted by molar-refractivity contribution is 5.94. The number of hydrogen-bond acceptors (Lipinski definition) is 3. The first-order chi connectivity index (χ1) is 9.83. The zero-order valence-electron chi connectivity index (χ0n) is 12.2. The minimum absolute atomic E-state index is 0. The van der Waals surface area contributed by atoms with E-state index in [2.05, 4.69) is 15.6 Å². The molecule has 0 aliphatic carbocycles. The number of para-hydroxylation sites is 1. The van der Waals surface area contributed by atoms with E-state index < -0.39 is 0 Å². The number of rotatable bonds is 3. The number of hydrogen-bond donors (Lipinski definition) is 2. The molecule has 0 spiro atoms. The molecule has 3 rings (SSSR count). The molecule has 1 amide bonds. The monoisotopic (exact) mass is 341 g/mol. The Morgan fingerprint density at radius 1 is 1.23 bits per heavy atom. The number of carbonyl (C=O) groups excluding carboxylic acids is 1. The van der Waals surface area contributed by atoms with Crippen molar-refractivity contribution < 1.29 is 4.79 Å². The third-order valence-electron chi connectivity index (χ3n) is 3.78. The van der Waals surface area contributed by atoms with Crippen LogP contribution in [0.2, 0.25) is 0 Å². The molecule has 2 heterocycles. The Labute approximate surface area is 142 Å². The van der Waals surface area contributed by atoms with Gasteiger partial charge < -0.3 is 10.6 Å². The molecule has 1 saturated heterocycles. The van der Waals surface area contributed by atoms with Gasteiger partial charge in [-0.1, -0.05) is 24.3 Å². The second-order valence-corrected chi connectivity index (χ2v) is 5.31. The van der Waals surface area contributed by atoms with E-state index in [1.165, 1.54) is 12.8 Å². The molecule has 4 nitrogen and oxygen atoms in total. The van der Waals surface area contributed by atoms with Crippen molar-refractivity contribution in [3.63, 3.8) is 0 Å².